The highest BCUT2D eigenvalue weighted by Crippen LogP contribution is 2.43. The molecule has 0 bridgehead atoms. The average molecular weight is 363 g/mol. The van der Waals surface area contributed by atoms with Crippen molar-refractivity contribution in [1.29, 1.82) is 0 Å². The Hall–Kier alpha value is -2.14. The van der Waals surface area contributed by atoms with E-state index in [0.717, 1.165) is 4.57 Å². The highest BCUT2D eigenvalue weighted by Gasteiger charge is 2.41. The molecule has 14 heteroatoms. The van der Waals surface area contributed by atoms with Crippen molar-refractivity contribution >= 4 is 7.82 Å². The summed E-state index contributed by atoms with van der Waals surface area (Å²) >= 11 is 0. The molecule has 2 rings (SSSR count). The van der Waals surface area contributed by atoms with Gasteiger partial charge in [-0.2, -0.15) is 0 Å². The molecule has 24 heavy (non-hydrogen) atoms. The summed E-state index contributed by atoms with van der Waals surface area (Å²) in [6.07, 6.45) is -1.92. The molecule has 1 aromatic heterocycles. The van der Waals surface area contributed by atoms with Crippen LogP contribution in [-0.4, -0.2) is 38.2 Å². The van der Waals surface area contributed by atoms with E-state index in [9.17, 15) is 14.2 Å². The van der Waals surface area contributed by atoms with E-state index in [-0.39, 0.29) is 18.6 Å². The molecule has 0 radical (unpaired) electrons. The van der Waals surface area contributed by atoms with Gasteiger partial charge in [-0.3, -0.25) is 18.9 Å². The topological polar surface area (TPSA) is 189 Å². The summed E-state index contributed by atoms with van der Waals surface area (Å²) in [5, 5.41) is 2.84. The zero-order valence-corrected chi connectivity index (χ0v) is 13.2. The molecule has 2 heterocycles. The first-order valence-corrected chi connectivity index (χ1v) is 8.12. The van der Waals surface area contributed by atoms with Crippen LogP contribution in [0.4, 0.5) is 0 Å². The Bertz CT molecular complexity index is 808. The van der Waals surface area contributed by atoms with Crippen molar-refractivity contribution in [3.05, 3.63) is 43.0 Å². The zero-order valence-electron chi connectivity index (χ0n) is 12.3. The summed E-state index contributed by atoms with van der Waals surface area (Å²) in [4.78, 5) is 50.2. The summed E-state index contributed by atoms with van der Waals surface area (Å²) in [5.41, 5.74) is 7.12. The molecule has 0 aromatic carbocycles. The number of hydrogen-bond donors (Lipinski definition) is 3. The van der Waals surface area contributed by atoms with Gasteiger partial charge in [0.2, 0.25) is 0 Å². The first-order valence-electron chi connectivity index (χ1n) is 6.59. The Morgan fingerprint density at radius 3 is 2.92 bits per heavy atom. The van der Waals surface area contributed by atoms with Gasteiger partial charge in [0, 0.05) is 23.1 Å². The van der Waals surface area contributed by atoms with Crippen LogP contribution in [0.1, 0.15) is 18.2 Å². The lowest BCUT2D eigenvalue weighted by Crippen LogP contribution is -2.33. The number of nitrogens with zero attached hydrogens (tertiary/aromatic N) is 4. The van der Waals surface area contributed by atoms with Crippen molar-refractivity contribution in [3.63, 3.8) is 0 Å². The van der Waals surface area contributed by atoms with Crippen LogP contribution in [0.3, 0.4) is 0 Å². The summed E-state index contributed by atoms with van der Waals surface area (Å²) in [6.45, 7) is 1.14. The Kier molecular flexibility index (Phi) is 5.44. The maximum atomic E-state index is 11.9. The number of aromatic amines is 1. The van der Waals surface area contributed by atoms with Gasteiger partial charge in [-0.05, 0) is 12.5 Å². The summed E-state index contributed by atoms with van der Waals surface area (Å²) in [6, 6.07) is 0. The van der Waals surface area contributed by atoms with E-state index in [1.165, 1.54) is 13.1 Å². The summed E-state index contributed by atoms with van der Waals surface area (Å²) in [7, 11) is -4.82. The van der Waals surface area contributed by atoms with Crippen LogP contribution < -0.4 is 11.2 Å². The van der Waals surface area contributed by atoms with Crippen molar-refractivity contribution in [2.75, 3.05) is 6.61 Å². The van der Waals surface area contributed by atoms with Gasteiger partial charge in [-0.25, -0.2) is 9.36 Å². The molecule has 1 aliphatic rings. The lowest BCUT2D eigenvalue weighted by atomic mass is 10.2. The van der Waals surface area contributed by atoms with Crippen molar-refractivity contribution in [2.24, 2.45) is 5.28 Å². The Balaban J connectivity index is 2.25. The van der Waals surface area contributed by atoms with E-state index >= 15 is 0 Å². The Labute approximate surface area is 133 Å². The van der Waals surface area contributed by atoms with Crippen LogP contribution in [0.15, 0.2) is 21.1 Å². The number of azide groups is 1. The predicted octanol–water partition coefficient (Wildman–Crippen LogP) is -0.148. The summed E-state index contributed by atoms with van der Waals surface area (Å²) in [5.74, 6) is 0. The van der Waals surface area contributed by atoms with E-state index in [1.807, 2.05) is 0 Å². The number of rotatable bonds is 6. The van der Waals surface area contributed by atoms with Gasteiger partial charge in [-0.1, -0.05) is 0 Å². The normalized spacial score (nSPS) is 23.7. The fraction of sp³-hybridized carbons (Fsp3) is 0.600. The lowest BCUT2D eigenvalue weighted by Gasteiger charge is -2.17. The van der Waals surface area contributed by atoms with Crippen molar-refractivity contribution in [3.8, 4) is 0 Å². The van der Waals surface area contributed by atoms with Crippen LogP contribution >= 0.6 is 7.82 Å². The molecule has 132 valence electrons. The molecule has 0 saturated carbocycles. The van der Waals surface area contributed by atoms with Gasteiger partial charge >= 0.3 is 13.5 Å². The van der Waals surface area contributed by atoms with Gasteiger partial charge < -0.3 is 19.4 Å². The van der Waals surface area contributed by atoms with Crippen molar-refractivity contribution in [1.82, 2.24) is 9.55 Å². The largest absolute Gasteiger partial charge is 0.469 e. The number of aryl methyl sites for hydroxylation is 1. The standard InChI is InChI=1S/C10H14N5O8P/c1-5-3-15(10(17)12-9(5)16)8-2-6(23-24(18,19)20)7(22-8)4-21-14-13-11/h3,6-8H,2,4H2,1H3,(H,12,16,17)(H2,18,19,20)/t6-,7+,8+/m0/s1. The third-order valence-corrected chi connectivity index (χ3v) is 3.79. The Morgan fingerprint density at radius 2 is 2.29 bits per heavy atom. The van der Waals surface area contributed by atoms with Gasteiger partial charge in [-0.15, -0.1) is 0 Å². The van der Waals surface area contributed by atoms with Gasteiger partial charge in [0.05, 0.1) is 0 Å². The maximum absolute atomic E-state index is 11.9. The second-order valence-corrected chi connectivity index (χ2v) is 6.14. The first-order chi connectivity index (χ1) is 11.2. The third kappa shape index (κ3) is 4.45. The van der Waals surface area contributed by atoms with Crippen LogP contribution in [0, 0.1) is 6.92 Å². The van der Waals surface area contributed by atoms with E-state index in [1.54, 1.807) is 0 Å². The fourth-order valence-electron chi connectivity index (χ4n) is 2.24. The zero-order chi connectivity index (χ0) is 17.9. The molecule has 0 spiro atoms. The van der Waals surface area contributed by atoms with Gasteiger partial charge in [0.15, 0.2) is 0 Å². The highest BCUT2D eigenvalue weighted by molar-refractivity contribution is 7.46. The molecule has 3 atom stereocenters. The molecule has 1 aliphatic heterocycles. The third-order valence-electron chi connectivity index (χ3n) is 3.24. The van der Waals surface area contributed by atoms with Gasteiger partial charge in [0.1, 0.15) is 30.3 Å². The van der Waals surface area contributed by atoms with Crippen LogP contribution in [0.25, 0.3) is 10.4 Å². The Morgan fingerprint density at radius 1 is 1.58 bits per heavy atom. The molecular formula is C10H14N5O8P. The number of ether oxygens (including phenoxy) is 1. The van der Waals surface area contributed by atoms with Crippen LogP contribution in [-0.2, 0) is 18.7 Å². The lowest BCUT2D eigenvalue weighted by molar-refractivity contribution is -0.0629. The molecule has 1 aromatic rings. The second-order valence-electron chi connectivity index (χ2n) is 4.94. The number of phosphoric ester groups is 1. The number of nitrogens with one attached hydrogen (secondary N) is 1. The monoisotopic (exact) mass is 363 g/mol. The van der Waals surface area contributed by atoms with Gasteiger partial charge in [0.25, 0.3) is 5.56 Å². The second kappa shape index (κ2) is 7.18. The number of hydrogen-bond acceptors (Lipinski definition) is 7. The fourth-order valence-corrected chi connectivity index (χ4v) is 2.82. The van der Waals surface area contributed by atoms with Crippen LogP contribution in [0.5, 0.6) is 0 Å². The smallest absolute Gasteiger partial charge is 0.431 e. The van der Waals surface area contributed by atoms with E-state index < -0.39 is 37.5 Å². The number of aromatic nitrogens is 2. The molecule has 0 amide bonds. The molecular weight excluding hydrogens is 349 g/mol. The van der Waals surface area contributed by atoms with Crippen molar-refractivity contribution < 1.29 is 28.5 Å². The predicted molar refractivity (Wildman–Crippen MR) is 76.6 cm³/mol. The average Bonchev–Trinajstić information content (AvgIpc) is 2.84. The minimum absolute atomic E-state index is 0.0964. The minimum Gasteiger partial charge on any atom is -0.431 e. The molecule has 1 fully saturated rings. The van der Waals surface area contributed by atoms with E-state index in [0.29, 0.717) is 0 Å². The minimum atomic E-state index is -4.82. The molecule has 0 unspecified atom stereocenters. The van der Waals surface area contributed by atoms with E-state index in [4.69, 9.17) is 20.1 Å². The first kappa shape index (κ1) is 18.2. The maximum Gasteiger partial charge on any atom is 0.469 e. The number of phosphoric acid groups is 1. The SMILES string of the molecule is Cc1cn([C@H]2C[C@H](OP(=O)(O)O)[C@@H](CON=[N+]=[N-])O2)c(=O)[nH]c1=O. The van der Waals surface area contributed by atoms with E-state index in [2.05, 4.69) is 24.5 Å². The molecule has 1 saturated heterocycles. The molecule has 3 N–H and O–H groups in total. The quantitative estimate of drug-likeness (QED) is 0.204. The van der Waals surface area contributed by atoms with Crippen LogP contribution in [0.2, 0.25) is 0 Å². The molecule has 0 aliphatic carbocycles. The number of H-pyrrole nitrogens is 1. The highest BCUT2D eigenvalue weighted by atomic mass is 31.2. The summed E-state index contributed by atoms with van der Waals surface area (Å²) < 4.78 is 22.2. The van der Waals surface area contributed by atoms with Crippen molar-refractivity contribution in [2.45, 2.75) is 31.8 Å². The molecule has 13 nitrogen and oxygen atoms in total.